The topological polar surface area (TPSA) is 12.0 Å². The molecule has 1 aromatic rings. The first-order chi connectivity index (χ1) is 9.54. The lowest BCUT2D eigenvalue weighted by atomic mass is 9.94. The van der Waals surface area contributed by atoms with Crippen LogP contribution in [0.4, 0.5) is 13.2 Å². The van der Waals surface area contributed by atoms with E-state index in [1.54, 1.807) is 0 Å². The maximum absolute atomic E-state index is 12.1. The van der Waals surface area contributed by atoms with Gasteiger partial charge in [-0.1, -0.05) is 42.1 Å². The Hall–Kier alpha value is -0.680. The molecule has 1 aliphatic carbocycles. The fraction of sp³-hybridized carbons (Fsp3) is 0.600. The average Bonchev–Trinajstić information content (AvgIpc) is 3.22. The Labute approximate surface area is 122 Å². The largest absolute Gasteiger partial charge is 0.441 e. The van der Waals surface area contributed by atoms with E-state index in [-0.39, 0.29) is 17.5 Å². The molecule has 0 heterocycles. The van der Waals surface area contributed by atoms with Crippen LogP contribution in [0.5, 0.6) is 0 Å². The normalized spacial score (nSPS) is 17.1. The number of nitrogens with one attached hydrogen (secondary N) is 1. The van der Waals surface area contributed by atoms with E-state index in [9.17, 15) is 13.2 Å². The van der Waals surface area contributed by atoms with Gasteiger partial charge in [-0.25, -0.2) is 0 Å². The zero-order valence-electron chi connectivity index (χ0n) is 11.3. The minimum atomic E-state index is -4.10. The predicted octanol–water partition coefficient (Wildman–Crippen LogP) is 4.56. The Balaban J connectivity index is 1.79. The highest BCUT2D eigenvalue weighted by atomic mass is 32.2. The molecule has 0 amide bonds. The minimum Gasteiger partial charge on any atom is -0.313 e. The average molecular weight is 303 g/mol. The van der Waals surface area contributed by atoms with Crippen LogP contribution >= 0.6 is 11.8 Å². The summed E-state index contributed by atoms with van der Waals surface area (Å²) in [7, 11) is 0. The molecule has 0 aliphatic heterocycles. The summed E-state index contributed by atoms with van der Waals surface area (Å²) >= 11 is 0.0871. The van der Waals surface area contributed by atoms with E-state index >= 15 is 0 Å². The summed E-state index contributed by atoms with van der Waals surface area (Å²) < 4.78 is 36.3. The molecule has 0 radical (unpaired) electrons. The lowest BCUT2D eigenvalue weighted by Crippen LogP contribution is -2.23. The second kappa shape index (κ2) is 7.36. The minimum absolute atomic E-state index is 0.0871. The molecule has 5 heteroatoms. The Morgan fingerprint density at radius 3 is 2.50 bits per heavy atom. The van der Waals surface area contributed by atoms with Crippen molar-refractivity contribution in [2.24, 2.45) is 0 Å². The van der Waals surface area contributed by atoms with Crippen LogP contribution in [0.25, 0.3) is 0 Å². The van der Waals surface area contributed by atoms with Gasteiger partial charge in [0.25, 0.3) is 0 Å². The Morgan fingerprint density at radius 1 is 1.20 bits per heavy atom. The van der Waals surface area contributed by atoms with Crippen molar-refractivity contribution in [2.45, 2.75) is 43.2 Å². The second-order valence-electron chi connectivity index (χ2n) is 5.23. The van der Waals surface area contributed by atoms with Gasteiger partial charge in [0.1, 0.15) is 0 Å². The van der Waals surface area contributed by atoms with Crippen LogP contribution in [0.1, 0.15) is 37.2 Å². The Morgan fingerprint density at radius 2 is 1.90 bits per heavy atom. The molecule has 1 atom stereocenters. The van der Waals surface area contributed by atoms with Crippen LogP contribution in [0.15, 0.2) is 30.3 Å². The molecular formula is C15H20F3NS. The van der Waals surface area contributed by atoms with Gasteiger partial charge in [-0.2, -0.15) is 13.2 Å². The lowest BCUT2D eigenvalue weighted by Gasteiger charge is -2.18. The molecule has 1 fully saturated rings. The molecule has 1 aliphatic rings. The summed E-state index contributed by atoms with van der Waals surface area (Å²) in [6, 6.07) is 10.7. The second-order valence-corrected chi connectivity index (χ2v) is 6.39. The fourth-order valence-corrected chi connectivity index (χ4v) is 2.77. The Kier molecular flexibility index (Phi) is 5.78. The van der Waals surface area contributed by atoms with Crippen LogP contribution in [-0.4, -0.2) is 23.8 Å². The van der Waals surface area contributed by atoms with Crippen LogP contribution in [0.2, 0.25) is 0 Å². The van der Waals surface area contributed by atoms with Crippen LogP contribution < -0.4 is 5.32 Å². The number of thioether (sulfide) groups is 1. The third kappa shape index (κ3) is 6.18. The molecule has 1 unspecified atom stereocenters. The van der Waals surface area contributed by atoms with Crippen molar-refractivity contribution in [3.8, 4) is 0 Å². The third-order valence-corrected chi connectivity index (χ3v) is 4.28. The molecular weight excluding hydrogens is 283 g/mol. The van der Waals surface area contributed by atoms with Crippen LogP contribution in [-0.2, 0) is 0 Å². The summed E-state index contributed by atoms with van der Waals surface area (Å²) in [5, 5.41) is 3.48. The summed E-state index contributed by atoms with van der Waals surface area (Å²) in [6.07, 6.45) is 3.85. The smallest absolute Gasteiger partial charge is 0.313 e. The van der Waals surface area contributed by atoms with Gasteiger partial charge in [0.2, 0.25) is 0 Å². The molecule has 1 saturated carbocycles. The number of halogens is 3. The molecule has 0 saturated heterocycles. The molecule has 0 bridgehead atoms. The van der Waals surface area contributed by atoms with Crippen molar-refractivity contribution in [1.82, 2.24) is 5.32 Å². The van der Waals surface area contributed by atoms with E-state index in [4.69, 9.17) is 0 Å². The van der Waals surface area contributed by atoms with Gasteiger partial charge in [-0.05, 0) is 37.2 Å². The highest BCUT2D eigenvalue weighted by Gasteiger charge is 2.27. The van der Waals surface area contributed by atoms with E-state index in [2.05, 4.69) is 17.4 Å². The Bertz CT molecular complexity index is 390. The van der Waals surface area contributed by atoms with Gasteiger partial charge in [-0.3, -0.25) is 0 Å². The molecule has 1 nitrogen and oxygen atoms in total. The van der Waals surface area contributed by atoms with E-state index in [1.807, 2.05) is 18.2 Å². The number of alkyl halides is 3. The first-order valence-electron chi connectivity index (χ1n) is 7.03. The van der Waals surface area contributed by atoms with E-state index in [0.29, 0.717) is 18.4 Å². The highest BCUT2D eigenvalue weighted by molar-refractivity contribution is 8.00. The van der Waals surface area contributed by atoms with Gasteiger partial charge in [0.15, 0.2) is 0 Å². The highest BCUT2D eigenvalue weighted by Crippen LogP contribution is 2.32. The predicted molar refractivity (Wildman–Crippen MR) is 78.0 cm³/mol. The maximum atomic E-state index is 12.1. The quantitative estimate of drug-likeness (QED) is 0.707. The van der Waals surface area contributed by atoms with Gasteiger partial charge in [0, 0.05) is 18.3 Å². The van der Waals surface area contributed by atoms with Gasteiger partial charge < -0.3 is 5.32 Å². The summed E-state index contributed by atoms with van der Waals surface area (Å²) in [5.74, 6) is 0.460. The summed E-state index contributed by atoms with van der Waals surface area (Å²) in [6.45, 7) is 0.866. The molecule has 20 heavy (non-hydrogen) atoms. The first-order valence-corrected chi connectivity index (χ1v) is 8.02. The van der Waals surface area contributed by atoms with Gasteiger partial charge in [0.05, 0.1) is 0 Å². The SMILES string of the molecule is FC(F)(F)SCCCC(CNC1CC1)c1ccccc1. The van der Waals surface area contributed by atoms with Crippen molar-refractivity contribution in [1.29, 1.82) is 0 Å². The van der Waals surface area contributed by atoms with Gasteiger partial charge >= 0.3 is 5.51 Å². The third-order valence-electron chi connectivity index (χ3n) is 3.46. The van der Waals surface area contributed by atoms with Crippen molar-refractivity contribution >= 4 is 11.8 Å². The molecule has 0 aromatic heterocycles. The number of benzene rings is 1. The number of rotatable bonds is 8. The van der Waals surface area contributed by atoms with Gasteiger partial charge in [-0.15, -0.1) is 0 Å². The molecule has 0 spiro atoms. The maximum Gasteiger partial charge on any atom is 0.441 e. The zero-order valence-corrected chi connectivity index (χ0v) is 12.1. The fourth-order valence-electron chi connectivity index (χ4n) is 2.23. The van der Waals surface area contributed by atoms with Crippen LogP contribution in [0.3, 0.4) is 0 Å². The van der Waals surface area contributed by atoms with E-state index in [1.165, 1.54) is 18.4 Å². The van der Waals surface area contributed by atoms with Crippen molar-refractivity contribution in [3.63, 3.8) is 0 Å². The van der Waals surface area contributed by atoms with Crippen molar-refractivity contribution in [3.05, 3.63) is 35.9 Å². The summed E-state index contributed by atoms with van der Waals surface area (Å²) in [5.41, 5.74) is -2.88. The molecule has 112 valence electrons. The zero-order chi connectivity index (χ0) is 14.4. The number of hydrogen-bond acceptors (Lipinski definition) is 2. The summed E-state index contributed by atoms with van der Waals surface area (Å²) in [4.78, 5) is 0. The first kappa shape index (κ1) is 15.7. The molecule has 1 aromatic carbocycles. The lowest BCUT2D eigenvalue weighted by molar-refractivity contribution is -0.0328. The van der Waals surface area contributed by atoms with E-state index < -0.39 is 5.51 Å². The van der Waals surface area contributed by atoms with Crippen LogP contribution in [0, 0.1) is 0 Å². The molecule has 2 rings (SSSR count). The standard InChI is InChI=1S/C15H20F3NS/c16-15(17,18)20-10-4-7-13(11-19-14-8-9-14)12-5-2-1-3-6-12/h1-3,5-6,13-14,19H,4,7-11H2. The van der Waals surface area contributed by atoms with Crippen molar-refractivity contribution < 1.29 is 13.2 Å². The van der Waals surface area contributed by atoms with Crippen molar-refractivity contribution in [2.75, 3.05) is 12.3 Å². The number of hydrogen-bond donors (Lipinski definition) is 1. The van der Waals surface area contributed by atoms with E-state index in [0.717, 1.165) is 13.0 Å². The monoisotopic (exact) mass is 303 g/mol. The molecule has 1 N–H and O–H groups in total.